The average molecular weight is 403 g/mol. The minimum absolute atomic E-state index is 0.0266. The number of anilines is 1. The van der Waals surface area contributed by atoms with Crippen LogP contribution < -0.4 is 10.6 Å². The molecule has 0 aromatic heterocycles. The maximum absolute atomic E-state index is 11.9. The maximum atomic E-state index is 11.9. The topological polar surface area (TPSA) is 58.2 Å². The van der Waals surface area contributed by atoms with Gasteiger partial charge in [0.25, 0.3) is 0 Å². The van der Waals surface area contributed by atoms with Crippen LogP contribution in [0.3, 0.4) is 0 Å². The molecule has 25 heavy (non-hydrogen) atoms. The number of nitrogens with one attached hydrogen (secondary N) is 2. The monoisotopic (exact) mass is 402 g/mol. The van der Waals surface area contributed by atoms with Crippen molar-refractivity contribution < 1.29 is 9.59 Å². The molecule has 0 bridgehead atoms. The summed E-state index contributed by atoms with van der Waals surface area (Å²) in [5.41, 5.74) is 3.12. The van der Waals surface area contributed by atoms with Gasteiger partial charge >= 0.3 is 0 Å². The summed E-state index contributed by atoms with van der Waals surface area (Å²) in [7, 11) is 0. The first-order valence-corrected chi connectivity index (χ1v) is 9.14. The van der Waals surface area contributed by atoms with E-state index in [0.717, 1.165) is 10.0 Å². The molecule has 0 radical (unpaired) electrons. The van der Waals surface area contributed by atoms with Gasteiger partial charge in [-0.25, -0.2) is 0 Å². The molecule has 4 nitrogen and oxygen atoms in total. The lowest BCUT2D eigenvalue weighted by atomic mass is 10.0. The van der Waals surface area contributed by atoms with Crippen molar-refractivity contribution in [3.05, 3.63) is 64.1 Å². The molecule has 2 rings (SSSR count). The lowest BCUT2D eigenvalue weighted by Crippen LogP contribution is -2.32. The first-order chi connectivity index (χ1) is 11.9. The SMILES string of the molecule is CC(C)c1ccc(CCC(=O)NCC(=O)Nc2ccc(Br)cc2)cc1. The highest BCUT2D eigenvalue weighted by Gasteiger charge is 2.07. The van der Waals surface area contributed by atoms with Gasteiger partial charge in [-0.15, -0.1) is 0 Å². The molecule has 0 aliphatic heterocycles. The molecule has 2 aromatic carbocycles. The van der Waals surface area contributed by atoms with Gasteiger partial charge in [0, 0.05) is 16.6 Å². The highest BCUT2D eigenvalue weighted by Crippen LogP contribution is 2.15. The quantitative estimate of drug-likeness (QED) is 0.726. The zero-order valence-corrected chi connectivity index (χ0v) is 16.1. The Hall–Kier alpha value is -2.14. The van der Waals surface area contributed by atoms with Crippen LogP contribution in [0.15, 0.2) is 53.0 Å². The Balaban J connectivity index is 1.71. The Kier molecular flexibility index (Phi) is 7.19. The maximum Gasteiger partial charge on any atom is 0.243 e. The lowest BCUT2D eigenvalue weighted by molar-refractivity contribution is -0.124. The minimum atomic E-state index is -0.239. The Morgan fingerprint density at radius 2 is 1.60 bits per heavy atom. The van der Waals surface area contributed by atoms with Gasteiger partial charge in [-0.1, -0.05) is 54.0 Å². The van der Waals surface area contributed by atoms with E-state index in [2.05, 4.69) is 64.7 Å². The van der Waals surface area contributed by atoms with Gasteiger partial charge in [-0.3, -0.25) is 9.59 Å². The van der Waals surface area contributed by atoms with Crippen molar-refractivity contribution >= 4 is 33.4 Å². The number of halogens is 1. The number of hydrogen-bond acceptors (Lipinski definition) is 2. The Morgan fingerprint density at radius 1 is 0.960 bits per heavy atom. The summed E-state index contributed by atoms with van der Waals surface area (Å²) in [6, 6.07) is 15.6. The van der Waals surface area contributed by atoms with Gasteiger partial charge < -0.3 is 10.6 Å². The summed E-state index contributed by atoms with van der Waals surface area (Å²) in [5.74, 6) is 0.137. The first kappa shape index (κ1) is 19.2. The number of aryl methyl sites for hydroxylation is 1. The van der Waals surface area contributed by atoms with E-state index in [1.807, 2.05) is 12.1 Å². The Bertz CT molecular complexity index is 709. The molecule has 0 aliphatic rings. The van der Waals surface area contributed by atoms with Crippen molar-refractivity contribution in [1.82, 2.24) is 5.32 Å². The summed E-state index contributed by atoms with van der Waals surface area (Å²) in [6.07, 6.45) is 1.03. The molecule has 5 heteroatoms. The fourth-order valence-electron chi connectivity index (χ4n) is 2.33. The molecule has 0 aliphatic carbocycles. The van der Waals surface area contributed by atoms with E-state index in [1.165, 1.54) is 5.56 Å². The van der Waals surface area contributed by atoms with E-state index in [1.54, 1.807) is 12.1 Å². The predicted octanol–water partition coefficient (Wildman–Crippen LogP) is 4.26. The van der Waals surface area contributed by atoms with Crippen molar-refractivity contribution in [2.75, 3.05) is 11.9 Å². The van der Waals surface area contributed by atoms with Crippen LogP contribution in [0.4, 0.5) is 5.69 Å². The fourth-order valence-corrected chi connectivity index (χ4v) is 2.60. The predicted molar refractivity (Wildman–Crippen MR) is 105 cm³/mol. The molecule has 2 N–H and O–H groups in total. The van der Waals surface area contributed by atoms with Crippen LogP contribution in [-0.2, 0) is 16.0 Å². The molecule has 0 saturated carbocycles. The Morgan fingerprint density at radius 3 is 2.20 bits per heavy atom. The van der Waals surface area contributed by atoms with E-state index in [9.17, 15) is 9.59 Å². The van der Waals surface area contributed by atoms with Crippen LogP contribution >= 0.6 is 15.9 Å². The minimum Gasteiger partial charge on any atom is -0.347 e. The third-order valence-corrected chi connectivity index (χ3v) is 4.39. The summed E-state index contributed by atoms with van der Waals surface area (Å²) in [4.78, 5) is 23.7. The zero-order chi connectivity index (χ0) is 18.2. The third kappa shape index (κ3) is 6.70. The number of benzene rings is 2. The van der Waals surface area contributed by atoms with Crippen molar-refractivity contribution in [2.24, 2.45) is 0 Å². The molecule has 0 atom stereocenters. The van der Waals surface area contributed by atoms with E-state index in [4.69, 9.17) is 0 Å². The smallest absolute Gasteiger partial charge is 0.243 e. The number of rotatable bonds is 7. The van der Waals surface area contributed by atoms with Crippen molar-refractivity contribution in [3.8, 4) is 0 Å². The molecule has 0 fully saturated rings. The number of carbonyl (C=O) groups excluding carboxylic acids is 2. The van der Waals surface area contributed by atoms with E-state index < -0.39 is 0 Å². The number of carbonyl (C=O) groups is 2. The largest absolute Gasteiger partial charge is 0.347 e. The zero-order valence-electron chi connectivity index (χ0n) is 14.5. The Labute approximate surface area is 157 Å². The van der Waals surface area contributed by atoms with E-state index in [0.29, 0.717) is 24.4 Å². The van der Waals surface area contributed by atoms with Crippen LogP contribution in [0, 0.1) is 0 Å². The molecule has 0 unspecified atom stereocenters. The second-order valence-corrected chi connectivity index (χ2v) is 7.14. The highest BCUT2D eigenvalue weighted by atomic mass is 79.9. The molecular weight excluding hydrogens is 380 g/mol. The fraction of sp³-hybridized carbons (Fsp3) is 0.300. The number of amides is 2. The number of hydrogen-bond donors (Lipinski definition) is 2. The molecule has 0 saturated heterocycles. The standard InChI is InChI=1S/C20H23BrN2O2/c1-14(2)16-6-3-15(4-7-16)5-12-19(24)22-13-20(25)23-18-10-8-17(21)9-11-18/h3-4,6-11,14H,5,12-13H2,1-2H3,(H,22,24)(H,23,25). The molecule has 2 aromatic rings. The highest BCUT2D eigenvalue weighted by molar-refractivity contribution is 9.10. The van der Waals surface area contributed by atoms with Crippen molar-refractivity contribution in [3.63, 3.8) is 0 Å². The lowest BCUT2D eigenvalue weighted by Gasteiger charge is -2.08. The molecule has 132 valence electrons. The average Bonchev–Trinajstić information content (AvgIpc) is 2.60. The molecule has 0 spiro atoms. The van der Waals surface area contributed by atoms with Gasteiger partial charge in [0.05, 0.1) is 6.54 Å². The summed E-state index contributed by atoms with van der Waals surface area (Å²) >= 11 is 3.34. The van der Waals surface area contributed by atoms with E-state index >= 15 is 0 Å². The van der Waals surface area contributed by atoms with Crippen LogP contribution in [0.2, 0.25) is 0 Å². The van der Waals surface area contributed by atoms with Crippen LogP contribution in [0.1, 0.15) is 37.3 Å². The van der Waals surface area contributed by atoms with Crippen LogP contribution in [-0.4, -0.2) is 18.4 Å². The van der Waals surface area contributed by atoms with Gasteiger partial charge in [-0.05, 0) is 47.7 Å². The normalized spacial score (nSPS) is 10.6. The molecular formula is C20H23BrN2O2. The second kappa shape index (κ2) is 9.37. The van der Waals surface area contributed by atoms with E-state index in [-0.39, 0.29) is 18.4 Å². The van der Waals surface area contributed by atoms with Crippen molar-refractivity contribution in [2.45, 2.75) is 32.6 Å². The van der Waals surface area contributed by atoms with Crippen molar-refractivity contribution in [1.29, 1.82) is 0 Å². The van der Waals surface area contributed by atoms with Gasteiger partial charge in [-0.2, -0.15) is 0 Å². The summed E-state index contributed by atoms with van der Waals surface area (Å²) in [5, 5.41) is 5.39. The van der Waals surface area contributed by atoms with Gasteiger partial charge in [0.2, 0.25) is 11.8 Å². The van der Waals surface area contributed by atoms with Gasteiger partial charge in [0.1, 0.15) is 0 Å². The third-order valence-electron chi connectivity index (χ3n) is 3.86. The second-order valence-electron chi connectivity index (χ2n) is 6.23. The molecule has 0 heterocycles. The summed E-state index contributed by atoms with van der Waals surface area (Å²) in [6.45, 7) is 4.28. The molecule has 2 amide bonds. The first-order valence-electron chi connectivity index (χ1n) is 8.35. The van der Waals surface area contributed by atoms with Gasteiger partial charge in [0.15, 0.2) is 0 Å². The van der Waals surface area contributed by atoms with Crippen LogP contribution in [0.25, 0.3) is 0 Å². The summed E-state index contributed by atoms with van der Waals surface area (Å²) < 4.78 is 0.945. The van der Waals surface area contributed by atoms with Crippen LogP contribution in [0.5, 0.6) is 0 Å².